The van der Waals surface area contributed by atoms with E-state index in [1.807, 2.05) is 22.6 Å². The Balaban J connectivity index is 2.14. The quantitative estimate of drug-likeness (QED) is 0.647. The predicted molar refractivity (Wildman–Crippen MR) is 85.4 cm³/mol. The van der Waals surface area contributed by atoms with E-state index in [1.165, 1.54) is 18.6 Å². The smallest absolute Gasteiger partial charge is 0.326 e. The minimum absolute atomic E-state index is 0.123. The van der Waals surface area contributed by atoms with Gasteiger partial charge in [0.2, 0.25) is 0 Å². The molecule has 3 N–H and O–H groups in total. The first kappa shape index (κ1) is 15.8. The maximum Gasteiger partial charge on any atom is 0.326 e. The van der Waals surface area contributed by atoms with E-state index in [0.717, 1.165) is 0 Å². The Morgan fingerprint density at radius 1 is 1.48 bits per heavy atom. The summed E-state index contributed by atoms with van der Waals surface area (Å²) in [6.07, 6.45) is 3.10. The maximum absolute atomic E-state index is 12.2. The zero-order chi connectivity index (χ0) is 15.4. The molecule has 1 unspecified atom stereocenters. The monoisotopic (exact) mass is 419 g/mol. The fraction of sp³-hybridized carbons (Fsp3) is 0.154. The number of carboxylic acids is 1. The van der Waals surface area contributed by atoms with Crippen LogP contribution < -0.4 is 5.32 Å². The summed E-state index contributed by atoms with van der Waals surface area (Å²) in [4.78, 5) is 30.1. The van der Waals surface area contributed by atoms with Crippen LogP contribution >= 0.6 is 34.2 Å². The number of aromatic nitrogens is 2. The van der Waals surface area contributed by atoms with Gasteiger partial charge < -0.3 is 15.4 Å². The van der Waals surface area contributed by atoms with Crippen LogP contribution in [0.5, 0.6) is 0 Å². The first-order valence-electron chi connectivity index (χ1n) is 5.93. The topological polar surface area (TPSA) is 95.1 Å². The highest BCUT2D eigenvalue weighted by Gasteiger charge is 2.22. The number of carboxylic acid groups (broad SMARTS) is 1. The number of carbonyl (C=O) groups excluding carboxylic acids is 1. The molecule has 21 heavy (non-hydrogen) atoms. The van der Waals surface area contributed by atoms with Gasteiger partial charge in [0.1, 0.15) is 6.04 Å². The van der Waals surface area contributed by atoms with Crippen molar-refractivity contribution in [2.45, 2.75) is 12.5 Å². The molecule has 0 saturated carbocycles. The van der Waals surface area contributed by atoms with Gasteiger partial charge in [0.05, 0.1) is 11.9 Å². The summed E-state index contributed by atoms with van der Waals surface area (Å²) in [5.41, 5.74) is 0.974. The number of benzene rings is 1. The highest BCUT2D eigenvalue weighted by Crippen LogP contribution is 2.18. The van der Waals surface area contributed by atoms with Crippen LogP contribution in [0.1, 0.15) is 16.1 Å². The van der Waals surface area contributed by atoms with Gasteiger partial charge in [-0.2, -0.15) is 0 Å². The SMILES string of the molecule is O=C(NC(Cc1cnc[nH]1)C(=O)O)c1cc(Cl)ccc1I. The number of nitrogens with zero attached hydrogens (tertiary/aromatic N) is 1. The van der Waals surface area contributed by atoms with Crippen LogP contribution in [0.25, 0.3) is 0 Å². The summed E-state index contributed by atoms with van der Waals surface area (Å²) in [6.45, 7) is 0. The van der Waals surface area contributed by atoms with Crippen LogP contribution in [0, 0.1) is 3.57 Å². The van der Waals surface area contributed by atoms with Crippen LogP contribution in [-0.4, -0.2) is 33.0 Å². The van der Waals surface area contributed by atoms with Gasteiger partial charge in [0, 0.05) is 26.9 Å². The van der Waals surface area contributed by atoms with Gasteiger partial charge in [-0.1, -0.05) is 11.6 Å². The normalized spacial score (nSPS) is 11.9. The number of amides is 1. The highest BCUT2D eigenvalue weighted by molar-refractivity contribution is 14.1. The Morgan fingerprint density at radius 2 is 2.24 bits per heavy atom. The summed E-state index contributed by atoms with van der Waals surface area (Å²) in [5, 5.41) is 12.1. The Bertz CT molecular complexity index is 661. The summed E-state index contributed by atoms with van der Waals surface area (Å²) < 4.78 is 0.695. The van der Waals surface area contributed by atoms with E-state index in [0.29, 0.717) is 19.9 Å². The van der Waals surface area contributed by atoms with Gasteiger partial charge in [0.25, 0.3) is 5.91 Å². The molecule has 1 amide bonds. The highest BCUT2D eigenvalue weighted by atomic mass is 127. The van der Waals surface area contributed by atoms with Crippen LogP contribution in [0.2, 0.25) is 5.02 Å². The van der Waals surface area contributed by atoms with Gasteiger partial charge in [-0.25, -0.2) is 9.78 Å². The van der Waals surface area contributed by atoms with E-state index in [-0.39, 0.29) is 6.42 Å². The van der Waals surface area contributed by atoms with Crippen LogP contribution in [0.15, 0.2) is 30.7 Å². The van der Waals surface area contributed by atoms with Crippen molar-refractivity contribution in [3.63, 3.8) is 0 Å². The molecular weight excluding hydrogens is 409 g/mol. The summed E-state index contributed by atoms with van der Waals surface area (Å²) in [5.74, 6) is -1.59. The number of nitrogens with one attached hydrogen (secondary N) is 2. The van der Waals surface area contributed by atoms with Gasteiger partial charge in [0.15, 0.2) is 0 Å². The standard InChI is InChI=1S/C13H11ClIN3O3/c14-7-1-2-10(15)9(3-7)12(19)18-11(13(20)21)4-8-5-16-6-17-8/h1-3,5-6,11H,4H2,(H,16,17)(H,18,19)(H,20,21). The first-order chi connectivity index (χ1) is 9.97. The molecule has 2 rings (SSSR count). The third kappa shape index (κ3) is 4.18. The van der Waals surface area contributed by atoms with Crippen LogP contribution in [-0.2, 0) is 11.2 Å². The molecule has 0 saturated heterocycles. The molecule has 8 heteroatoms. The number of halogens is 2. The van der Waals surface area contributed by atoms with E-state index in [1.54, 1.807) is 12.1 Å². The Morgan fingerprint density at radius 3 is 2.86 bits per heavy atom. The second-order valence-corrected chi connectivity index (χ2v) is 5.87. The van der Waals surface area contributed by atoms with E-state index < -0.39 is 17.9 Å². The van der Waals surface area contributed by atoms with E-state index >= 15 is 0 Å². The molecular formula is C13H11ClIN3O3. The Kier molecular flexibility index (Phi) is 5.18. The lowest BCUT2D eigenvalue weighted by molar-refractivity contribution is -0.139. The third-order valence-electron chi connectivity index (χ3n) is 2.76. The van der Waals surface area contributed by atoms with Crippen molar-refractivity contribution < 1.29 is 14.7 Å². The molecule has 6 nitrogen and oxygen atoms in total. The number of aromatic amines is 1. The minimum atomic E-state index is -1.12. The first-order valence-corrected chi connectivity index (χ1v) is 7.39. The lowest BCUT2D eigenvalue weighted by Gasteiger charge is -2.14. The molecule has 1 atom stereocenters. The number of H-pyrrole nitrogens is 1. The number of hydrogen-bond donors (Lipinski definition) is 3. The van der Waals surface area contributed by atoms with Crippen LogP contribution in [0.3, 0.4) is 0 Å². The second kappa shape index (κ2) is 6.90. The van der Waals surface area contributed by atoms with Crippen molar-refractivity contribution in [3.8, 4) is 0 Å². The lowest BCUT2D eigenvalue weighted by atomic mass is 10.1. The predicted octanol–water partition coefficient (Wildman–Crippen LogP) is 2.09. The van der Waals surface area contributed by atoms with E-state index in [2.05, 4.69) is 15.3 Å². The van der Waals surface area contributed by atoms with Gasteiger partial charge in [-0.15, -0.1) is 0 Å². The van der Waals surface area contributed by atoms with Crippen molar-refractivity contribution in [2.75, 3.05) is 0 Å². The van der Waals surface area contributed by atoms with E-state index in [9.17, 15) is 14.7 Å². The van der Waals surface area contributed by atoms with Gasteiger partial charge in [-0.05, 0) is 40.8 Å². The average molecular weight is 420 g/mol. The van der Waals surface area contributed by atoms with Crippen molar-refractivity contribution in [2.24, 2.45) is 0 Å². The molecule has 110 valence electrons. The zero-order valence-electron chi connectivity index (χ0n) is 10.6. The Labute approximate surface area is 139 Å². The third-order valence-corrected chi connectivity index (χ3v) is 3.93. The molecule has 0 aliphatic carbocycles. The summed E-state index contributed by atoms with van der Waals surface area (Å²) >= 11 is 7.86. The molecule has 1 aromatic carbocycles. The number of rotatable bonds is 5. The fourth-order valence-corrected chi connectivity index (χ4v) is 2.48. The largest absolute Gasteiger partial charge is 0.480 e. The average Bonchev–Trinajstić information content (AvgIpc) is 2.93. The van der Waals surface area contributed by atoms with Crippen LogP contribution in [0.4, 0.5) is 0 Å². The molecule has 0 radical (unpaired) electrons. The summed E-state index contributed by atoms with van der Waals surface area (Å²) in [7, 11) is 0. The maximum atomic E-state index is 12.2. The summed E-state index contributed by atoms with van der Waals surface area (Å²) in [6, 6.07) is 3.82. The zero-order valence-corrected chi connectivity index (χ0v) is 13.6. The molecule has 0 spiro atoms. The van der Waals surface area contributed by atoms with Crippen molar-refractivity contribution >= 4 is 46.1 Å². The number of aliphatic carboxylic acids is 1. The number of imidazole rings is 1. The number of hydrogen-bond acceptors (Lipinski definition) is 3. The molecule has 1 aromatic heterocycles. The molecule has 1 heterocycles. The molecule has 0 aliphatic rings. The lowest BCUT2D eigenvalue weighted by Crippen LogP contribution is -2.42. The van der Waals surface area contributed by atoms with Crippen molar-refractivity contribution in [3.05, 3.63) is 50.6 Å². The molecule has 0 aliphatic heterocycles. The van der Waals surface area contributed by atoms with Crippen molar-refractivity contribution in [1.82, 2.24) is 15.3 Å². The Hall–Kier alpha value is -1.61. The van der Waals surface area contributed by atoms with E-state index in [4.69, 9.17) is 11.6 Å². The molecule has 0 bridgehead atoms. The fourth-order valence-electron chi connectivity index (χ4n) is 1.72. The van der Waals surface area contributed by atoms with Gasteiger partial charge in [-0.3, -0.25) is 4.79 Å². The molecule has 2 aromatic rings. The second-order valence-electron chi connectivity index (χ2n) is 4.27. The van der Waals surface area contributed by atoms with Crippen molar-refractivity contribution in [1.29, 1.82) is 0 Å². The molecule has 0 fully saturated rings. The van der Waals surface area contributed by atoms with Gasteiger partial charge >= 0.3 is 5.97 Å². The number of carbonyl (C=O) groups is 2. The minimum Gasteiger partial charge on any atom is -0.480 e.